The highest BCUT2D eigenvalue weighted by Crippen LogP contribution is 2.23. The molecule has 8 nitrogen and oxygen atoms in total. The highest BCUT2D eigenvalue weighted by Gasteiger charge is 2.19. The van der Waals surface area contributed by atoms with Gasteiger partial charge in [-0.05, 0) is 44.2 Å². The van der Waals surface area contributed by atoms with Crippen LogP contribution in [-0.2, 0) is 4.74 Å². The average molecular weight is 460 g/mol. The molecule has 10 heteroatoms. The van der Waals surface area contributed by atoms with Crippen molar-refractivity contribution in [2.45, 2.75) is 13.8 Å². The lowest BCUT2D eigenvalue weighted by Gasteiger charge is -2.25. The lowest BCUT2D eigenvalue weighted by molar-refractivity contribution is 0.0844. The van der Waals surface area contributed by atoms with E-state index in [2.05, 4.69) is 20.7 Å². The topological polar surface area (TPSA) is 88.5 Å². The number of carbonyl (C=O) groups is 2. The zero-order chi connectivity index (χ0) is 22.0. The van der Waals surface area contributed by atoms with Crippen LogP contribution in [0.1, 0.15) is 32.2 Å². The van der Waals surface area contributed by atoms with Crippen molar-refractivity contribution in [3.8, 4) is 5.69 Å². The first kappa shape index (κ1) is 21.4. The molecule has 3 heterocycles. The van der Waals surface area contributed by atoms with E-state index < -0.39 is 11.8 Å². The first-order valence-corrected chi connectivity index (χ1v) is 11.0. The zero-order valence-corrected chi connectivity index (χ0v) is 18.7. The molecular formula is C21H22ClN5O3S. The van der Waals surface area contributed by atoms with Crippen molar-refractivity contribution in [2.24, 2.45) is 0 Å². The average Bonchev–Trinajstić information content (AvgIpc) is 3.40. The van der Waals surface area contributed by atoms with Crippen molar-refractivity contribution in [1.82, 2.24) is 20.4 Å². The minimum Gasteiger partial charge on any atom is -0.378 e. The standard InChI is InChI=1S/C21H22ClN5O3S/c1-13-3-4-14(2)27(13)15-5-6-17(22)16(11-15)19(28)24-25-20(29)18-12-31-21(23-18)26-7-9-30-10-8-26/h3-6,11-12H,7-10H2,1-2H3,(H,24,28)(H,25,29). The van der Waals surface area contributed by atoms with Gasteiger partial charge in [-0.3, -0.25) is 20.4 Å². The van der Waals surface area contributed by atoms with E-state index in [4.69, 9.17) is 16.3 Å². The molecule has 0 spiro atoms. The molecule has 2 N–H and O–H groups in total. The number of morpholine rings is 1. The third kappa shape index (κ3) is 4.58. The molecule has 0 unspecified atom stereocenters. The summed E-state index contributed by atoms with van der Waals surface area (Å²) >= 11 is 7.63. The Balaban J connectivity index is 1.43. The molecule has 1 aromatic carbocycles. The van der Waals surface area contributed by atoms with Crippen LogP contribution in [0.3, 0.4) is 0 Å². The molecule has 2 amide bonds. The number of aryl methyl sites for hydroxylation is 2. The molecule has 31 heavy (non-hydrogen) atoms. The zero-order valence-electron chi connectivity index (χ0n) is 17.1. The number of thiazole rings is 1. The van der Waals surface area contributed by atoms with E-state index in [1.54, 1.807) is 17.5 Å². The van der Waals surface area contributed by atoms with Crippen molar-refractivity contribution >= 4 is 39.9 Å². The Morgan fingerprint density at radius 1 is 1.06 bits per heavy atom. The van der Waals surface area contributed by atoms with Gasteiger partial charge in [0.05, 0.1) is 23.8 Å². The molecule has 1 aliphatic rings. The van der Waals surface area contributed by atoms with E-state index in [-0.39, 0.29) is 11.3 Å². The van der Waals surface area contributed by atoms with Crippen molar-refractivity contribution in [3.05, 3.63) is 63.4 Å². The van der Waals surface area contributed by atoms with Gasteiger partial charge in [0.25, 0.3) is 11.8 Å². The summed E-state index contributed by atoms with van der Waals surface area (Å²) in [5, 5.41) is 2.71. The number of nitrogens with zero attached hydrogens (tertiary/aromatic N) is 3. The summed E-state index contributed by atoms with van der Waals surface area (Å²) in [6, 6.07) is 9.22. The Kier molecular flexibility index (Phi) is 6.26. The quantitative estimate of drug-likeness (QED) is 0.585. The SMILES string of the molecule is Cc1ccc(C)n1-c1ccc(Cl)c(C(=O)NNC(=O)c2csc(N3CCOCC3)n2)c1. The Hall–Kier alpha value is -2.88. The molecule has 0 aliphatic carbocycles. The number of amides is 2. The van der Waals surface area contributed by atoms with Crippen LogP contribution >= 0.6 is 22.9 Å². The fourth-order valence-electron chi connectivity index (χ4n) is 3.42. The van der Waals surface area contributed by atoms with Crippen molar-refractivity contribution in [2.75, 3.05) is 31.2 Å². The molecule has 162 valence electrons. The van der Waals surface area contributed by atoms with Gasteiger partial charge >= 0.3 is 0 Å². The maximum absolute atomic E-state index is 12.7. The summed E-state index contributed by atoms with van der Waals surface area (Å²) in [6.07, 6.45) is 0. The van der Waals surface area contributed by atoms with E-state index in [0.29, 0.717) is 18.2 Å². The molecule has 4 rings (SSSR count). The third-order valence-corrected chi connectivity index (χ3v) is 6.25. The van der Waals surface area contributed by atoms with Crippen LogP contribution in [0.25, 0.3) is 5.69 Å². The van der Waals surface area contributed by atoms with Crippen LogP contribution in [0.2, 0.25) is 5.02 Å². The monoisotopic (exact) mass is 459 g/mol. The van der Waals surface area contributed by atoms with Crippen molar-refractivity contribution in [1.29, 1.82) is 0 Å². The lowest BCUT2D eigenvalue weighted by Crippen LogP contribution is -2.42. The number of benzene rings is 1. The van der Waals surface area contributed by atoms with Crippen LogP contribution in [-0.4, -0.2) is 47.7 Å². The molecule has 2 aromatic heterocycles. The number of ether oxygens (including phenoxy) is 1. The summed E-state index contributed by atoms with van der Waals surface area (Å²) in [7, 11) is 0. The van der Waals surface area contributed by atoms with Gasteiger partial charge in [0.15, 0.2) is 5.13 Å². The second kappa shape index (κ2) is 9.09. The second-order valence-electron chi connectivity index (χ2n) is 7.14. The summed E-state index contributed by atoms with van der Waals surface area (Å²) in [5.74, 6) is -1.00. The van der Waals surface area contributed by atoms with Crippen LogP contribution in [0.15, 0.2) is 35.7 Å². The van der Waals surface area contributed by atoms with Crippen LogP contribution in [0, 0.1) is 13.8 Å². The predicted octanol–water partition coefficient (Wildman–Crippen LogP) is 3.12. The Morgan fingerprint density at radius 3 is 2.45 bits per heavy atom. The number of aromatic nitrogens is 2. The minimum absolute atomic E-state index is 0.241. The number of hydrogen-bond acceptors (Lipinski definition) is 6. The third-order valence-electron chi connectivity index (χ3n) is 5.02. The van der Waals surface area contributed by atoms with Gasteiger partial charge in [0.1, 0.15) is 5.69 Å². The van der Waals surface area contributed by atoms with Gasteiger partial charge in [-0.2, -0.15) is 0 Å². The molecule has 0 radical (unpaired) electrons. The fraction of sp³-hybridized carbons (Fsp3) is 0.286. The summed E-state index contributed by atoms with van der Waals surface area (Å²) in [4.78, 5) is 31.6. The largest absolute Gasteiger partial charge is 0.378 e. The van der Waals surface area contributed by atoms with E-state index in [0.717, 1.165) is 35.3 Å². The number of rotatable bonds is 4. The predicted molar refractivity (Wildman–Crippen MR) is 120 cm³/mol. The molecular weight excluding hydrogens is 438 g/mol. The number of carbonyl (C=O) groups excluding carboxylic acids is 2. The van der Waals surface area contributed by atoms with Crippen LogP contribution < -0.4 is 15.8 Å². The van der Waals surface area contributed by atoms with E-state index in [1.165, 1.54) is 11.3 Å². The smallest absolute Gasteiger partial charge is 0.289 e. The molecule has 1 aliphatic heterocycles. The fourth-order valence-corrected chi connectivity index (χ4v) is 4.48. The van der Waals surface area contributed by atoms with Crippen LogP contribution in [0.4, 0.5) is 5.13 Å². The first-order chi connectivity index (χ1) is 14.9. The minimum atomic E-state index is -0.508. The van der Waals surface area contributed by atoms with E-state index in [9.17, 15) is 9.59 Å². The molecule has 1 saturated heterocycles. The lowest BCUT2D eigenvalue weighted by atomic mass is 10.2. The molecule has 0 saturated carbocycles. The van der Waals surface area contributed by atoms with Crippen LogP contribution in [0.5, 0.6) is 0 Å². The number of halogens is 1. The van der Waals surface area contributed by atoms with Gasteiger partial charge in [-0.15, -0.1) is 11.3 Å². The highest BCUT2D eigenvalue weighted by atomic mass is 35.5. The maximum Gasteiger partial charge on any atom is 0.289 e. The van der Waals surface area contributed by atoms with Gasteiger partial charge in [0, 0.05) is 35.5 Å². The van der Waals surface area contributed by atoms with E-state index >= 15 is 0 Å². The summed E-state index contributed by atoms with van der Waals surface area (Å²) in [6.45, 7) is 6.72. The Morgan fingerprint density at radius 2 is 1.74 bits per heavy atom. The Bertz CT molecular complexity index is 1100. The first-order valence-electron chi connectivity index (χ1n) is 9.78. The van der Waals surface area contributed by atoms with Gasteiger partial charge in [0.2, 0.25) is 0 Å². The number of nitrogens with one attached hydrogen (secondary N) is 2. The number of hydrazine groups is 1. The molecule has 3 aromatic rings. The molecule has 0 atom stereocenters. The van der Waals surface area contributed by atoms with E-state index in [1.807, 2.05) is 36.6 Å². The number of hydrogen-bond donors (Lipinski definition) is 2. The van der Waals surface area contributed by atoms with Crippen molar-refractivity contribution in [3.63, 3.8) is 0 Å². The second-order valence-corrected chi connectivity index (χ2v) is 8.38. The Labute approximate surface area is 188 Å². The van der Waals surface area contributed by atoms with Gasteiger partial charge < -0.3 is 14.2 Å². The van der Waals surface area contributed by atoms with Gasteiger partial charge in [-0.1, -0.05) is 11.6 Å². The molecule has 0 bridgehead atoms. The molecule has 1 fully saturated rings. The van der Waals surface area contributed by atoms with Crippen molar-refractivity contribution < 1.29 is 14.3 Å². The highest BCUT2D eigenvalue weighted by molar-refractivity contribution is 7.13. The maximum atomic E-state index is 12.7. The number of anilines is 1. The summed E-state index contributed by atoms with van der Waals surface area (Å²) in [5.41, 5.74) is 8.24. The normalized spacial score (nSPS) is 13.8. The van der Waals surface area contributed by atoms with Gasteiger partial charge in [-0.25, -0.2) is 4.98 Å². The summed E-state index contributed by atoms with van der Waals surface area (Å²) < 4.78 is 7.36.